The van der Waals surface area contributed by atoms with Crippen LogP contribution in [0.4, 0.5) is 0 Å². The van der Waals surface area contributed by atoms with Crippen LogP contribution in [0.5, 0.6) is 0 Å². The number of hydrogen-bond donors (Lipinski definition) is 1. The van der Waals surface area contributed by atoms with Gasteiger partial charge in [-0.3, -0.25) is 0 Å². The predicted molar refractivity (Wildman–Crippen MR) is 84.8 cm³/mol. The van der Waals surface area contributed by atoms with Crippen molar-refractivity contribution in [2.24, 2.45) is 5.41 Å². The van der Waals surface area contributed by atoms with Crippen molar-refractivity contribution in [2.45, 2.75) is 59.0 Å². The van der Waals surface area contributed by atoms with E-state index in [2.05, 4.69) is 5.32 Å². The van der Waals surface area contributed by atoms with Gasteiger partial charge in [-0.05, 0) is 33.2 Å². The molecule has 0 amide bonds. The fraction of sp³-hybridized carbons (Fsp3) is 0.733. The molecule has 1 atom stereocenters. The van der Waals surface area contributed by atoms with E-state index in [4.69, 9.17) is 4.42 Å². The van der Waals surface area contributed by atoms with Crippen molar-refractivity contribution in [2.75, 3.05) is 14.1 Å². The highest BCUT2D eigenvalue weighted by molar-refractivity contribution is 7.89. The molecule has 0 aliphatic carbocycles. The van der Waals surface area contributed by atoms with Gasteiger partial charge >= 0.3 is 0 Å². The summed E-state index contributed by atoms with van der Waals surface area (Å²) in [7, 11) is -0.158. The minimum absolute atomic E-state index is 0.125. The molecule has 0 bridgehead atoms. The minimum atomic E-state index is -3.58. The molecule has 0 radical (unpaired) electrons. The summed E-state index contributed by atoms with van der Waals surface area (Å²) >= 11 is 0. The summed E-state index contributed by atoms with van der Waals surface area (Å²) in [6, 6.07) is -0.125. The summed E-state index contributed by atoms with van der Waals surface area (Å²) in [4.78, 5) is 0.299. The third-order valence-corrected chi connectivity index (χ3v) is 6.24. The highest BCUT2D eigenvalue weighted by Crippen LogP contribution is 2.32. The first-order valence-corrected chi connectivity index (χ1v) is 8.60. The monoisotopic (exact) mass is 316 g/mol. The minimum Gasteiger partial charge on any atom is -0.465 e. The molecule has 0 saturated heterocycles. The molecule has 0 saturated carbocycles. The Morgan fingerprint density at radius 2 is 1.76 bits per heavy atom. The number of hydrogen-bond acceptors (Lipinski definition) is 4. The fourth-order valence-electron chi connectivity index (χ4n) is 2.33. The van der Waals surface area contributed by atoms with Gasteiger partial charge in [-0.1, -0.05) is 20.8 Å². The van der Waals surface area contributed by atoms with Gasteiger partial charge in [-0.2, -0.15) is 4.31 Å². The van der Waals surface area contributed by atoms with Crippen molar-refractivity contribution >= 4 is 10.0 Å². The lowest BCUT2D eigenvalue weighted by molar-refractivity contribution is 0.216. The first kappa shape index (κ1) is 18.2. The Morgan fingerprint density at radius 3 is 2.19 bits per heavy atom. The zero-order chi connectivity index (χ0) is 16.6. The van der Waals surface area contributed by atoms with Crippen molar-refractivity contribution in [1.29, 1.82) is 0 Å². The van der Waals surface area contributed by atoms with E-state index in [1.165, 1.54) is 4.31 Å². The summed E-state index contributed by atoms with van der Waals surface area (Å²) in [5.74, 6) is 1.10. The average Bonchev–Trinajstić information content (AvgIpc) is 2.62. The first-order valence-electron chi connectivity index (χ1n) is 7.16. The van der Waals surface area contributed by atoms with Crippen molar-refractivity contribution < 1.29 is 12.8 Å². The maximum absolute atomic E-state index is 13.0. The smallest absolute Gasteiger partial charge is 0.246 e. The molecule has 0 aliphatic heterocycles. The molecule has 122 valence electrons. The van der Waals surface area contributed by atoms with Gasteiger partial charge in [0, 0.05) is 25.2 Å². The van der Waals surface area contributed by atoms with Crippen molar-refractivity contribution in [1.82, 2.24) is 9.62 Å². The molecule has 1 N–H and O–H groups in total. The molecular formula is C15H28N2O3S. The summed E-state index contributed by atoms with van der Waals surface area (Å²) in [5.41, 5.74) is 0.570. The van der Waals surface area contributed by atoms with Gasteiger partial charge in [-0.15, -0.1) is 0 Å². The van der Waals surface area contributed by atoms with E-state index in [-0.39, 0.29) is 11.5 Å². The molecule has 1 rings (SSSR count). The van der Waals surface area contributed by atoms with Crippen molar-refractivity contribution in [3.05, 3.63) is 17.1 Å². The van der Waals surface area contributed by atoms with Gasteiger partial charge in [0.15, 0.2) is 0 Å². The van der Waals surface area contributed by atoms with Gasteiger partial charge in [0.25, 0.3) is 0 Å². The van der Waals surface area contributed by atoms with Crippen LogP contribution in [0.1, 0.15) is 44.8 Å². The highest BCUT2D eigenvalue weighted by Gasteiger charge is 2.36. The Balaban J connectivity index is 3.38. The van der Waals surface area contributed by atoms with E-state index < -0.39 is 10.0 Å². The van der Waals surface area contributed by atoms with E-state index in [1.807, 2.05) is 27.7 Å². The van der Waals surface area contributed by atoms with Crippen LogP contribution in [0.15, 0.2) is 9.31 Å². The Hall–Kier alpha value is -0.850. The molecular weight excluding hydrogens is 288 g/mol. The topological polar surface area (TPSA) is 62.6 Å². The van der Waals surface area contributed by atoms with Gasteiger partial charge in [0.2, 0.25) is 10.0 Å². The second kappa shape index (κ2) is 6.10. The van der Waals surface area contributed by atoms with Crippen LogP contribution in [0.25, 0.3) is 0 Å². The van der Waals surface area contributed by atoms with Gasteiger partial charge in [-0.25, -0.2) is 8.42 Å². The number of furan rings is 1. The molecule has 1 aromatic heterocycles. The lowest BCUT2D eigenvalue weighted by atomic mass is 9.88. The molecule has 1 heterocycles. The van der Waals surface area contributed by atoms with E-state index >= 15 is 0 Å². The van der Waals surface area contributed by atoms with Crippen LogP contribution >= 0.6 is 0 Å². The fourth-order valence-corrected chi connectivity index (χ4v) is 4.28. The maximum Gasteiger partial charge on any atom is 0.246 e. The lowest BCUT2D eigenvalue weighted by Crippen LogP contribution is -2.43. The number of aryl methyl sites for hydroxylation is 2. The Bertz CT molecular complexity index is 597. The Morgan fingerprint density at radius 1 is 1.24 bits per heavy atom. The number of sulfonamides is 1. The SMILES string of the molecule is CNCc1c(C)oc(C)c1S(=O)(=O)N(C)C(C)C(C)(C)C. The van der Waals surface area contributed by atoms with Crippen molar-refractivity contribution in [3.63, 3.8) is 0 Å². The largest absolute Gasteiger partial charge is 0.465 e. The number of rotatable bonds is 5. The zero-order valence-electron chi connectivity index (χ0n) is 14.4. The van der Waals surface area contributed by atoms with Crippen LogP contribution in [-0.2, 0) is 16.6 Å². The molecule has 5 nitrogen and oxygen atoms in total. The predicted octanol–water partition coefficient (Wildman–Crippen LogP) is 2.67. The molecule has 0 aliphatic rings. The second-order valence-corrected chi connectivity index (χ2v) is 8.55. The van der Waals surface area contributed by atoms with E-state index in [1.54, 1.807) is 27.9 Å². The van der Waals surface area contributed by atoms with E-state index in [0.717, 1.165) is 0 Å². The lowest BCUT2D eigenvalue weighted by Gasteiger charge is -2.34. The number of nitrogens with zero attached hydrogens (tertiary/aromatic N) is 1. The van der Waals surface area contributed by atoms with E-state index in [9.17, 15) is 8.42 Å². The summed E-state index contributed by atoms with van der Waals surface area (Å²) < 4.78 is 33.0. The van der Waals surface area contributed by atoms with Crippen LogP contribution in [0.3, 0.4) is 0 Å². The molecule has 6 heteroatoms. The molecule has 0 fully saturated rings. The third-order valence-electron chi connectivity index (χ3n) is 4.11. The standard InChI is InChI=1S/C15H28N2O3S/c1-10-13(9-16-7)14(11(2)20-10)21(18,19)17(8)12(3)15(4,5)6/h12,16H,9H2,1-8H3. The van der Waals surface area contributed by atoms with Crippen LogP contribution in [0.2, 0.25) is 0 Å². The van der Waals surface area contributed by atoms with Crippen LogP contribution in [-0.4, -0.2) is 32.9 Å². The van der Waals surface area contributed by atoms with Crippen molar-refractivity contribution in [3.8, 4) is 0 Å². The van der Waals surface area contributed by atoms with Gasteiger partial charge in [0.05, 0.1) is 0 Å². The highest BCUT2D eigenvalue weighted by atomic mass is 32.2. The zero-order valence-corrected chi connectivity index (χ0v) is 15.2. The van der Waals surface area contributed by atoms with Crippen LogP contribution in [0, 0.1) is 19.3 Å². The van der Waals surface area contributed by atoms with Gasteiger partial charge < -0.3 is 9.73 Å². The molecule has 21 heavy (non-hydrogen) atoms. The summed E-state index contributed by atoms with van der Waals surface area (Å²) in [6.07, 6.45) is 0. The summed E-state index contributed by atoms with van der Waals surface area (Å²) in [6.45, 7) is 12.0. The quantitative estimate of drug-likeness (QED) is 0.907. The second-order valence-electron chi connectivity index (χ2n) is 6.62. The normalized spacial score (nSPS) is 14.7. The Labute approximate surface area is 128 Å². The summed E-state index contributed by atoms with van der Waals surface area (Å²) in [5, 5.41) is 3.01. The first-order chi connectivity index (χ1) is 9.44. The molecule has 0 aromatic carbocycles. The van der Waals surface area contributed by atoms with Gasteiger partial charge in [0.1, 0.15) is 16.4 Å². The van der Waals surface area contributed by atoms with E-state index in [0.29, 0.717) is 28.5 Å². The van der Waals surface area contributed by atoms with Crippen LogP contribution < -0.4 is 5.32 Å². The maximum atomic E-state index is 13.0. The third kappa shape index (κ3) is 3.49. The Kier molecular flexibility index (Phi) is 5.29. The number of nitrogens with one attached hydrogen (secondary N) is 1. The molecule has 1 aromatic rings. The molecule has 0 spiro atoms. The molecule has 1 unspecified atom stereocenters. The average molecular weight is 316 g/mol.